The molecule has 0 spiro atoms. The van der Waals surface area contributed by atoms with E-state index in [-0.39, 0.29) is 26.3 Å². The highest BCUT2D eigenvalue weighted by molar-refractivity contribution is 5.86. The average molecular weight is 356 g/mol. The largest absolute Gasteiger partial charge is 0.463 e. The molecule has 1 saturated heterocycles. The highest BCUT2D eigenvalue weighted by Crippen LogP contribution is 2.30. The van der Waals surface area contributed by atoms with Gasteiger partial charge in [-0.3, -0.25) is 5.32 Å². The lowest BCUT2D eigenvalue weighted by atomic mass is 10.1. The van der Waals surface area contributed by atoms with Gasteiger partial charge in [-0.2, -0.15) is 13.2 Å². The van der Waals surface area contributed by atoms with E-state index in [9.17, 15) is 22.8 Å². The van der Waals surface area contributed by atoms with Crippen LogP contribution in [0.1, 0.15) is 13.8 Å². The molecular weight excluding hydrogens is 333 g/mol. The Bertz CT molecular complexity index is 441. The summed E-state index contributed by atoms with van der Waals surface area (Å²) in [5.41, 5.74) is -1.31. The molecular formula is C13H23F3N4O4. The van der Waals surface area contributed by atoms with Gasteiger partial charge in [0.1, 0.15) is 0 Å². The summed E-state index contributed by atoms with van der Waals surface area (Å²) in [6.45, 7) is 3.87. The second kappa shape index (κ2) is 8.49. The summed E-state index contributed by atoms with van der Waals surface area (Å²) >= 11 is 0. The summed E-state index contributed by atoms with van der Waals surface area (Å²) < 4.78 is 50.2. The van der Waals surface area contributed by atoms with Crippen molar-refractivity contribution in [3.63, 3.8) is 0 Å². The average Bonchev–Trinajstić information content (AvgIpc) is 2.48. The zero-order valence-electron chi connectivity index (χ0n) is 13.9. The number of hydrogen-bond donors (Lipinski definition) is 2. The van der Waals surface area contributed by atoms with Crippen molar-refractivity contribution in [3.05, 3.63) is 0 Å². The fraction of sp³-hybridized carbons (Fsp3) is 0.846. The molecule has 1 atom stereocenters. The summed E-state index contributed by atoms with van der Waals surface area (Å²) in [5.74, 6) is -1.65. The number of piperazine rings is 1. The van der Waals surface area contributed by atoms with Crippen LogP contribution < -0.4 is 10.7 Å². The Labute approximate surface area is 138 Å². The van der Waals surface area contributed by atoms with E-state index in [0.717, 1.165) is 0 Å². The standard InChI is InChI=1S/C13H23F3N4O4/c1-4-23-10(21)12(13(14,15)16,17-11(22)24-5-2)18-20-8-6-19(3)7-9-20/h18H,4-9H2,1-3H3,(H,17,22)/t12-/m1/s1. The van der Waals surface area contributed by atoms with Gasteiger partial charge in [0.2, 0.25) is 0 Å². The molecule has 140 valence electrons. The van der Waals surface area contributed by atoms with Crippen molar-refractivity contribution in [2.24, 2.45) is 0 Å². The van der Waals surface area contributed by atoms with Crippen LogP contribution >= 0.6 is 0 Å². The Balaban J connectivity index is 3.09. The van der Waals surface area contributed by atoms with Crippen LogP contribution in [0.2, 0.25) is 0 Å². The van der Waals surface area contributed by atoms with Gasteiger partial charge in [0, 0.05) is 26.2 Å². The quantitative estimate of drug-likeness (QED) is 0.523. The molecule has 1 fully saturated rings. The number of alkyl halides is 3. The van der Waals surface area contributed by atoms with Gasteiger partial charge in [0.25, 0.3) is 0 Å². The summed E-state index contributed by atoms with van der Waals surface area (Å²) in [6.07, 6.45) is -6.51. The first-order chi connectivity index (χ1) is 11.2. The van der Waals surface area contributed by atoms with E-state index in [0.29, 0.717) is 13.1 Å². The number of alkyl carbamates (subject to hydrolysis) is 1. The van der Waals surface area contributed by atoms with E-state index in [4.69, 9.17) is 0 Å². The number of esters is 1. The van der Waals surface area contributed by atoms with Crippen LogP contribution in [0.4, 0.5) is 18.0 Å². The van der Waals surface area contributed by atoms with Crippen LogP contribution in [-0.4, -0.2) is 80.3 Å². The number of hydrazine groups is 1. The minimum atomic E-state index is -5.14. The maximum Gasteiger partial charge on any atom is 0.437 e. The smallest absolute Gasteiger partial charge is 0.437 e. The topological polar surface area (TPSA) is 83.1 Å². The number of halogens is 3. The summed E-state index contributed by atoms with van der Waals surface area (Å²) in [4.78, 5) is 25.6. The summed E-state index contributed by atoms with van der Waals surface area (Å²) in [7, 11) is 1.83. The number of carbonyl (C=O) groups excluding carboxylic acids is 2. The van der Waals surface area contributed by atoms with Gasteiger partial charge in [-0.15, -0.1) is 0 Å². The molecule has 0 aliphatic carbocycles. The number of nitrogens with zero attached hydrogens (tertiary/aromatic N) is 2. The van der Waals surface area contributed by atoms with Gasteiger partial charge >= 0.3 is 23.9 Å². The molecule has 0 aromatic rings. The lowest BCUT2D eigenvalue weighted by molar-refractivity contribution is -0.231. The van der Waals surface area contributed by atoms with Crippen molar-refractivity contribution in [2.45, 2.75) is 25.7 Å². The number of amides is 1. The molecule has 0 aromatic heterocycles. The molecule has 0 aromatic carbocycles. The number of nitrogens with one attached hydrogen (secondary N) is 2. The fourth-order valence-electron chi connectivity index (χ4n) is 2.09. The molecule has 1 amide bonds. The van der Waals surface area contributed by atoms with Gasteiger partial charge < -0.3 is 14.4 Å². The van der Waals surface area contributed by atoms with Crippen LogP contribution in [0.5, 0.6) is 0 Å². The maximum absolute atomic E-state index is 13.7. The van der Waals surface area contributed by atoms with Crippen LogP contribution in [0.3, 0.4) is 0 Å². The monoisotopic (exact) mass is 356 g/mol. The van der Waals surface area contributed by atoms with Crippen LogP contribution in [0.25, 0.3) is 0 Å². The van der Waals surface area contributed by atoms with E-state index in [1.165, 1.54) is 18.9 Å². The molecule has 0 unspecified atom stereocenters. The first-order valence-corrected chi connectivity index (χ1v) is 7.56. The molecule has 2 N–H and O–H groups in total. The number of likely N-dealkylation sites (N-methyl/N-ethyl adjacent to an activating group) is 1. The molecule has 24 heavy (non-hydrogen) atoms. The molecule has 0 saturated carbocycles. The van der Waals surface area contributed by atoms with Gasteiger partial charge in [-0.05, 0) is 20.9 Å². The van der Waals surface area contributed by atoms with Gasteiger partial charge in [0.15, 0.2) is 0 Å². The zero-order valence-corrected chi connectivity index (χ0v) is 13.9. The number of carbonyl (C=O) groups is 2. The Morgan fingerprint density at radius 1 is 1.04 bits per heavy atom. The summed E-state index contributed by atoms with van der Waals surface area (Å²) in [6, 6.07) is 0. The van der Waals surface area contributed by atoms with E-state index in [1.54, 1.807) is 5.32 Å². The molecule has 1 aliphatic heterocycles. The van der Waals surface area contributed by atoms with E-state index in [2.05, 4.69) is 14.9 Å². The van der Waals surface area contributed by atoms with Crippen molar-refractivity contribution in [1.29, 1.82) is 0 Å². The van der Waals surface area contributed by atoms with E-state index >= 15 is 0 Å². The first kappa shape index (κ1) is 20.5. The minimum Gasteiger partial charge on any atom is -0.463 e. The predicted molar refractivity (Wildman–Crippen MR) is 77.8 cm³/mol. The highest BCUT2D eigenvalue weighted by Gasteiger charge is 2.64. The number of hydrogen-bond acceptors (Lipinski definition) is 7. The zero-order chi connectivity index (χ0) is 18.4. The predicted octanol–water partition coefficient (Wildman–Crippen LogP) is 0.306. The second-order valence-electron chi connectivity index (χ2n) is 5.22. The Kier molecular flexibility index (Phi) is 7.24. The van der Waals surface area contributed by atoms with E-state index < -0.39 is 23.9 Å². The fourth-order valence-corrected chi connectivity index (χ4v) is 2.09. The molecule has 1 aliphatic rings. The molecule has 8 nitrogen and oxygen atoms in total. The Morgan fingerprint density at radius 2 is 1.58 bits per heavy atom. The summed E-state index contributed by atoms with van der Waals surface area (Å²) in [5, 5.41) is 2.82. The second-order valence-corrected chi connectivity index (χ2v) is 5.22. The Morgan fingerprint density at radius 3 is 2.04 bits per heavy atom. The van der Waals surface area contributed by atoms with Gasteiger partial charge in [0.05, 0.1) is 13.2 Å². The lowest BCUT2D eigenvalue weighted by Gasteiger charge is -2.41. The highest BCUT2D eigenvalue weighted by atomic mass is 19.4. The van der Waals surface area contributed by atoms with Crippen molar-refractivity contribution in [2.75, 3.05) is 46.4 Å². The Hall–Kier alpha value is -1.59. The number of ether oxygens (including phenoxy) is 2. The molecule has 11 heteroatoms. The van der Waals surface area contributed by atoms with Crippen molar-refractivity contribution < 1.29 is 32.2 Å². The molecule has 1 heterocycles. The number of rotatable bonds is 6. The van der Waals surface area contributed by atoms with Crippen molar-refractivity contribution in [1.82, 2.24) is 20.7 Å². The third-order valence-corrected chi connectivity index (χ3v) is 3.40. The van der Waals surface area contributed by atoms with Crippen molar-refractivity contribution >= 4 is 12.1 Å². The maximum atomic E-state index is 13.7. The van der Waals surface area contributed by atoms with Crippen LogP contribution in [0, 0.1) is 0 Å². The van der Waals surface area contributed by atoms with E-state index in [1.807, 2.05) is 11.9 Å². The van der Waals surface area contributed by atoms with Crippen LogP contribution in [-0.2, 0) is 14.3 Å². The van der Waals surface area contributed by atoms with Gasteiger partial charge in [-0.1, -0.05) is 0 Å². The van der Waals surface area contributed by atoms with Crippen molar-refractivity contribution in [3.8, 4) is 0 Å². The first-order valence-electron chi connectivity index (χ1n) is 7.56. The normalized spacial score (nSPS) is 19.4. The molecule has 0 bridgehead atoms. The lowest BCUT2D eigenvalue weighted by Crippen LogP contribution is -2.76. The van der Waals surface area contributed by atoms with Gasteiger partial charge in [-0.25, -0.2) is 20.0 Å². The van der Waals surface area contributed by atoms with Crippen LogP contribution in [0.15, 0.2) is 0 Å². The molecule has 0 radical (unpaired) electrons. The SMILES string of the molecule is CCOC(=O)N[C@@](NN1CCN(C)CC1)(C(=O)OCC)C(F)(F)F. The minimum absolute atomic E-state index is 0.142. The molecule has 1 rings (SSSR count). The third-order valence-electron chi connectivity index (χ3n) is 3.40. The third kappa shape index (κ3) is 4.95.